The molecule has 5 nitrogen and oxygen atoms in total. The Morgan fingerprint density at radius 2 is 2.22 bits per heavy atom. The van der Waals surface area contributed by atoms with E-state index in [1.54, 1.807) is 4.68 Å². The SMILES string of the molecule is Cn1cc([C@H]2CCCN2C(=O)[C@H]2COc3ccccc3C2)cn1. The minimum absolute atomic E-state index is 0.0813. The van der Waals surface area contributed by atoms with Crippen LogP contribution >= 0.6 is 0 Å². The number of ether oxygens (including phenoxy) is 1. The Labute approximate surface area is 135 Å². The number of para-hydroxylation sites is 1. The highest BCUT2D eigenvalue weighted by molar-refractivity contribution is 5.80. The van der Waals surface area contributed by atoms with Crippen molar-refractivity contribution in [2.45, 2.75) is 25.3 Å². The first-order valence-corrected chi connectivity index (χ1v) is 8.22. The van der Waals surface area contributed by atoms with Crippen molar-refractivity contribution in [3.05, 3.63) is 47.8 Å². The number of nitrogens with zero attached hydrogens (tertiary/aromatic N) is 3. The van der Waals surface area contributed by atoms with Gasteiger partial charge in [-0.05, 0) is 30.9 Å². The number of aryl methyl sites for hydroxylation is 1. The summed E-state index contributed by atoms with van der Waals surface area (Å²) in [6.45, 7) is 1.31. The van der Waals surface area contributed by atoms with Gasteiger partial charge >= 0.3 is 0 Å². The third-order valence-corrected chi connectivity index (χ3v) is 4.87. The molecular weight excluding hydrogens is 290 g/mol. The van der Waals surface area contributed by atoms with E-state index >= 15 is 0 Å². The van der Waals surface area contributed by atoms with Crippen molar-refractivity contribution >= 4 is 5.91 Å². The average molecular weight is 311 g/mol. The maximum Gasteiger partial charge on any atom is 0.229 e. The molecule has 0 N–H and O–H groups in total. The molecule has 2 aliphatic heterocycles. The molecule has 4 rings (SSSR count). The van der Waals surface area contributed by atoms with Crippen LogP contribution in [0.2, 0.25) is 0 Å². The Morgan fingerprint density at radius 1 is 1.35 bits per heavy atom. The first-order valence-electron chi connectivity index (χ1n) is 8.22. The van der Waals surface area contributed by atoms with Crippen molar-refractivity contribution in [3.63, 3.8) is 0 Å². The molecule has 1 aromatic heterocycles. The van der Waals surface area contributed by atoms with Gasteiger partial charge in [0.2, 0.25) is 5.91 Å². The van der Waals surface area contributed by atoms with E-state index in [0.29, 0.717) is 6.61 Å². The minimum atomic E-state index is -0.0813. The second kappa shape index (κ2) is 5.72. The molecule has 0 unspecified atom stereocenters. The van der Waals surface area contributed by atoms with Gasteiger partial charge in [-0.3, -0.25) is 9.48 Å². The zero-order chi connectivity index (χ0) is 15.8. The standard InChI is InChI=1S/C18H21N3O2/c1-20-11-15(10-19-20)16-6-4-8-21(16)18(22)14-9-13-5-2-3-7-17(13)23-12-14/h2-3,5,7,10-11,14,16H,4,6,8-9,12H2,1H3/t14-,16-/m1/s1. The van der Waals surface area contributed by atoms with Crippen molar-refractivity contribution < 1.29 is 9.53 Å². The van der Waals surface area contributed by atoms with Crippen LogP contribution < -0.4 is 4.74 Å². The van der Waals surface area contributed by atoms with E-state index in [1.807, 2.05) is 42.5 Å². The van der Waals surface area contributed by atoms with Crippen LogP contribution in [-0.2, 0) is 18.3 Å². The van der Waals surface area contributed by atoms with E-state index in [-0.39, 0.29) is 17.9 Å². The van der Waals surface area contributed by atoms with Crippen LogP contribution in [0.15, 0.2) is 36.7 Å². The van der Waals surface area contributed by atoms with Gasteiger partial charge in [0.15, 0.2) is 0 Å². The summed E-state index contributed by atoms with van der Waals surface area (Å²) in [5, 5.41) is 4.25. The fourth-order valence-electron chi connectivity index (χ4n) is 3.71. The van der Waals surface area contributed by atoms with Crippen LogP contribution in [0, 0.1) is 5.92 Å². The molecule has 0 aliphatic carbocycles. The Bertz CT molecular complexity index is 725. The highest BCUT2D eigenvalue weighted by atomic mass is 16.5. The minimum Gasteiger partial charge on any atom is -0.492 e. The van der Waals surface area contributed by atoms with Crippen LogP contribution in [0.5, 0.6) is 5.75 Å². The topological polar surface area (TPSA) is 47.4 Å². The number of fused-ring (bicyclic) bond motifs is 1. The van der Waals surface area contributed by atoms with Gasteiger partial charge in [0.05, 0.1) is 18.2 Å². The van der Waals surface area contributed by atoms with E-state index in [0.717, 1.165) is 42.7 Å². The first kappa shape index (κ1) is 14.3. The number of hydrogen-bond donors (Lipinski definition) is 0. The number of benzene rings is 1. The molecule has 1 saturated heterocycles. The molecule has 0 radical (unpaired) electrons. The molecule has 0 bridgehead atoms. The lowest BCUT2D eigenvalue weighted by Crippen LogP contribution is -2.40. The molecule has 2 atom stereocenters. The van der Waals surface area contributed by atoms with Crippen molar-refractivity contribution in [3.8, 4) is 5.75 Å². The maximum atomic E-state index is 13.0. The summed E-state index contributed by atoms with van der Waals surface area (Å²) in [4.78, 5) is 15.0. The molecule has 3 heterocycles. The first-order chi connectivity index (χ1) is 11.2. The number of aromatic nitrogens is 2. The van der Waals surface area contributed by atoms with E-state index in [9.17, 15) is 4.79 Å². The third kappa shape index (κ3) is 2.60. The highest BCUT2D eigenvalue weighted by Gasteiger charge is 2.36. The van der Waals surface area contributed by atoms with Crippen molar-refractivity contribution in [2.75, 3.05) is 13.2 Å². The number of amides is 1. The number of carbonyl (C=O) groups excluding carboxylic acids is 1. The summed E-state index contributed by atoms with van der Waals surface area (Å²) in [7, 11) is 1.91. The molecule has 5 heteroatoms. The van der Waals surface area contributed by atoms with Crippen molar-refractivity contribution in [2.24, 2.45) is 13.0 Å². The molecule has 1 amide bonds. The number of rotatable bonds is 2. The largest absolute Gasteiger partial charge is 0.492 e. The quantitative estimate of drug-likeness (QED) is 0.855. The summed E-state index contributed by atoms with van der Waals surface area (Å²) >= 11 is 0. The van der Waals surface area contributed by atoms with Gasteiger partial charge in [-0.2, -0.15) is 5.10 Å². The molecule has 1 aromatic carbocycles. The second-order valence-electron chi connectivity index (χ2n) is 6.46. The summed E-state index contributed by atoms with van der Waals surface area (Å²) in [6, 6.07) is 8.17. The van der Waals surface area contributed by atoms with E-state index in [1.165, 1.54) is 0 Å². The number of carbonyl (C=O) groups is 1. The molecule has 2 aromatic rings. The van der Waals surface area contributed by atoms with E-state index in [2.05, 4.69) is 11.2 Å². The molecular formula is C18H21N3O2. The molecule has 23 heavy (non-hydrogen) atoms. The predicted octanol–water partition coefficient (Wildman–Crippen LogP) is 2.33. The zero-order valence-electron chi connectivity index (χ0n) is 13.3. The van der Waals surface area contributed by atoms with Gasteiger partial charge in [-0.15, -0.1) is 0 Å². The van der Waals surface area contributed by atoms with Gasteiger partial charge < -0.3 is 9.64 Å². The Kier molecular flexibility index (Phi) is 3.56. The highest BCUT2D eigenvalue weighted by Crippen LogP contribution is 2.35. The monoisotopic (exact) mass is 311 g/mol. The van der Waals surface area contributed by atoms with Crippen LogP contribution in [-0.4, -0.2) is 33.7 Å². The second-order valence-corrected chi connectivity index (χ2v) is 6.46. The fraction of sp³-hybridized carbons (Fsp3) is 0.444. The zero-order valence-corrected chi connectivity index (χ0v) is 13.3. The lowest BCUT2D eigenvalue weighted by Gasteiger charge is -2.31. The Balaban J connectivity index is 1.52. The van der Waals surface area contributed by atoms with Crippen LogP contribution in [0.4, 0.5) is 0 Å². The summed E-state index contributed by atoms with van der Waals surface area (Å²) < 4.78 is 7.60. The van der Waals surface area contributed by atoms with Gasteiger partial charge in [0, 0.05) is 25.4 Å². The number of likely N-dealkylation sites (tertiary alicyclic amines) is 1. The number of hydrogen-bond acceptors (Lipinski definition) is 3. The van der Waals surface area contributed by atoms with Gasteiger partial charge in [0.25, 0.3) is 0 Å². The van der Waals surface area contributed by atoms with Gasteiger partial charge in [0.1, 0.15) is 12.4 Å². The smallest absolute Gasteiger partial charge is 0.229 e. The maximum absolute atomic E-state index is 13.0. The van der Waals surface area contributed by atoms with E-state index in [4.69, 9.17) is 4.74 Å². The molecule has 120 valence electrons. The van der Waals surface area contributed by atoms with Crippen molar-refractivity contribution in [1.82, 2.24) is 14.7 Å². The lowest BCUT2D eigenvalue weighted by atomic mass is 9.95. The third-order valence-electron chi connectivity index (χ3n) is 4.87. The van der Waals surface area contributed by atoms with Gasteiger partial charge in [-0.25, -0.2) is 0 Å². The summed E-state index contributed by atoms with van der Waals surface area (Å²) in [6.07, 6.45) is 6.73. The summed E-state index contributed by atoms with van der Waals surface area (Å²) in [5.74, 6) is 1.05. The van der Waals surface area contributed by atoms with E-state index < -0.39 is 0 Å². The molecule has 0 saturated carbocycles. The Hall–Kier alpha value is -2.30. The molecule has 1 fully saturated rings. The Morgan fingerprint density at radius 3 is 3.04 bits per heavy atom. The van der Waals surface area contributed by atoms with Gasteiger partial charge in [-0.1, -0.05) is 18.2 Å². The fourth-order valence-corrected chi connectivity index (χ4v) is 3.71. The predicted molar refractivity (Wildman–Crippen MR) is 86.0 cm³/mol. The normalized spacial score (nSPS) is 23.4. The van der Waals surface area contributed by atoms with Crippen LogP contribution in [0.25, 0.3) is 0 Å². The molecule has 2 aliphatic rings. The van der Waals surface area contributed by atoms with Crippen molar-refractivity contribution in [1.29, 1.82) is 0 Å². The lowest BCUT2D eigenvalue weighted by molar-refractivity contribution is -0.137. The van der Waals surface area contributed by atoms with Crippen LogP contribution in [0.3, 0.4) is 0 Å². The van der Waals surface area contributed by atoms with Crippen LogP contribution in [0.1, 0.15) is 30.0 Å². The molecule has 0 spiro atoms. The summed E-state index contributed by atoms with van der Waals surface area (Å²) in [5.41, 5.74) is 2.27. The average Bonchev–Trinajstić information content (AvgIpc) is 3.22.